The molecule has 0 aliphatic rings. The van der Waals surface area contributed by atoms with Gasteiger partial charge in [0, 0.05) is 6.42 Å². The topological polar surface area (TPSA) is 118 Å². The first-order valence-corrected chi connectivity index (χ1v) is 15.7. The molecule has 0 aromatic rings. The number of hydrogen-bond acceptors (Lipinski definition) is 5. The summed E-state index contributed by atoms with van der Waals surface area (Å²) in [6.45, 7) is 0.666. The maximum absolute atomic E-state index is 10.4. The molecule has 0 bridgehead atoms. The summed E-state index contributed by atoms with van der Waals surface area (Å²) in [4.78, 5) is 10.4. The highest BCUT2D eigenvalue weighted by molar-refractivity contribution is 5.66. The van der Waals surface area contributed by atoms with Crippen LogP contribution in [-0.2, 0) is 4.79 Å². The predicted octanol–water partition coefficient (Wildman–Crippen LogP) is 7.40. The molecule has 0 aromatic carbocycles. The van der Waals surface area contributed by atoms with Gasteiger partial charge in [0.15, 0.2) is 0 Å². The number of unbranched alkanes of at least 4 members (excludes halogenated alkanes) is 22. The van der Waals surface area contributed by atoms with Crippen LogP contribution in [0.1, 0.15) is 161 Å². The van der Waals surface area contributed by atoms with Crippen LogP contribution in [0, 0.1) is 5.41 Å². The van der Waals surface area contributed by atoms with Gasteiger partial charge in [-0.1, -0.05) is 148 Å². The Morgan fingerprint density at radius 3 is 0.811 bits per heavy atom. The van der Waals surface area contributed by atoms with Crippen molar-refractivity contribution >= 4 is 5.97 Å². The molecule has 0 unspecified atom stereocenters. The van der Waals surface area contributed by atoms with Gasteiger partial charge in [-0.15, -0.1) is 0 Å². The summed E-state index contributed by atoms with van der Waals surface area (Å²) in [7, 11) is 0. The summed E-state index contributed by atoms with van der Waals surface area (Å²) in [5, 5.41) is 42.6. The average molecular weight is 533 g/mol. The molecule has 6 nitrogen and oxygen atoms in total. The van der Waals surface area contributed by atoms with Crippen molar-refractivity contribution in [3.63, 3.8) is 0 Å². The molecular formula is C31H64O6. The predicted molar refractivity (Wildman–Crippen MR) is 155 cm³/mol. The lowest BCUT2D eigenvalue weighted by Crippen LogP contribution is -2.37. The van der Waals surface area contributed by atoms with E-state index in [0.29, 0.717) is 6.42 Å². The number of rotatable bonds is 28. The van der Waals surface area contributed by atoms with Crippen molar-refractivity contribution in [1.29, 1.82) is 0 Å². The first-order valence-electron chi connectivity index (χ1n) is 15.7. The van der Waals surface area contributed by atoms with E-state index in [0.717, 1.165) is 12.8 Å². The third kappa shape index (κ3) is 29.7. The lowest BCUT2D eigenvalue weighted by Gasteiger charge is -2.23. The second-order valence-electron chi connectivity index (χ2n) is 11.1. The number of aliphatic hydroxyl groups is 4. The minimum Gasteiger partial charge on any atom is -0.481 e. The molecule has 0 rings (SSSR count). The third-order valence-electron chi connectivity index (χ3n) is 7.34. The summed E-state index contributed by atoms with van der Waals surface area (Å²) in [5.41, 5.74) is -1.11. The van der Waals surface area contributed by atoms with Crippen LogP contribution in [0.2, 0.25) is 0 Å². The number of carboxylic acid groups (broad SMARTS) is 1. The molecule has 224 valence electrons. The van der Waals surface area contributed by atoms with E-state index in [2.05, 4.69) is 6.92 Å². The van der Waals surface area contributed by atoms with E-state index in [1.165, 1.54) is 135 Å². The van der Waals surface area contributed by atoms with Crippen LogP contribution in [0.3, 0.4) is 0 Å². The van der Waals surface area contributed by atoms with Crippen LogP contribution in [0.5, 0.6) is 0 Å². The quantitative estimate of drug-likeness (QED) is 0.0670. The Hall–Kier alpha value is -0.690. The van der Waals surface area contributed by atoms with Crippen molar-refractivity contribution < 1.29 is 30.3 Å². The van der Waals surface area contributed by atoms with Crippen molar-refractivity contribution in [3.8, 4) is 0 Å². The monoisotopic (exact) mass is 532 g/mol. The molecule has 0 spiro atoms. The standard InChI is InChI=1S/C26H52O2.C5H12O4/c1-2-3-4-5-6-7-8-9-10-11-12-13-14-15-16-17-18-19-20-21-22-23-24-25-26(27)28;6-1-5(2-7,3-8)4-9/h2-25H2,1H3,(H,27,28);6-9H,1-4H2. The molecular weight excluding hydrogens is 468 g/mol. The highest BCUT2D eigenvalue weighted by Gasteiger charge is 2.26. The minimum absolute atomic E-state index is 0.346. The lowest BCUT2D eigenvalue weighted by atomic mass is 9.93. The Morgan fingerprint density at radius 2 is 0.649 bits per heavy atom. The summed E-state index contributed by atoms with van der Waals surface area (Å²) in [5.74, 6) is -0.650. The van der Waals surface area contributed by atoms with Gasteiger partial charge in [0.05, 0.1) is 31.8 Å². The fraction of sp³-hybridized carbons (Fsp3) is 0.968. The van der Waals surface area contributed by atoms with Crippen molar-refractivity contribution in [2.45, 2.75) is 161 Å². The first kappa shape index (κ1) is 38.5. The maximum Gasteiger partial charge on any atom is 0.303 e. The van der Waals surface area contributed by atoms with Gasteiger partial charge in [0.1, 0.15) is 0 Å². The molecule has 37 heavy (non-hydrogen) atoms. The van der Waals surface area contributed by atoms with Crippen LogP contribution < -0.4 is 0 Å². The van der Waals surface area contributed by atoms with E-state index in [4.69, 9.17) is 25.5 Å². The highest BCUT2D eigenvalue weighted by Crippen LogP contribution is 2.15. The second kappa shape index (κ2) is 31.5. The molecule has 0 aliphatic carbocycles. The summed E-state index contributed by atoms with van der Waals surface area (Å²) in [6.07, 6.45) is 32.0. The van der Waals surface area contributed by atoms with Gasteiger partial charge in [0.2, 0.25) is 0 Å². The van der Waals surface area contributed by atoms with E-state index >= 15 is 0 Å². The average Bonchev–Trinajstić information content (AvgIpc) is 2.91. The van der Waals surface area contributed by atoms with Gasteiger partial charge in [0.25, 0.3) is 0 Å². The molecule has 6 heteroatoms. The number of carbonyl (C=O) groups is 1. The number of aliphatic carboxylic acids is 1. The normalized spacial score (nSPS) is 11.4. The summed E-state index contributed by atoms with van der Waals surface area (Å²) < 4.78 is 0. The fourth-order valence-electron chi connectivity index (χ4n) is 4.36. The first-order chi connectivity index (χ1) is 18.0. The maximum atomic E-state index is 10.4. The highest BCUT2D eigenvalue weighted by atomic mass is 16.4. The second-order valence-corrected chi connectivity index (χ2v) is 11.1. The lowest BCUT2D eigenvalue weighted by molar-refractivity contribution is -0.137. The van der Waals surface area contributed by atoms with Gasteiger partial charge in [-0.2, -0.15) is 0 Å². The van der Waals surface area contributed by atoms with E-state index in [1.807, 2.05) is 0 Å². The zero-order valence-corrected chi connectivity index (χ0v) is 24.4. The van der Waals surface area contributed by atoms with E-state index < -0.39 is 37.8 Å². The Kier molecular flexibility index (Phi) is 32.8. The van der Waals surface area contributed by atoms with Crippen molar-refractivity contribution in [3.05, 3.63) is 0 Å². The van der Waals surface area contributed by atoms with Gasteiger partial charge in [-0.25, -0.2) is 0 Å². The SMILES string of the molecule is CCCCCCCCCCCCCCCCCCCCCCCCCC(=O)O.OCC(CO)(CO)CO. The number of aliphatic hydroxyl groups excluding tert-OH is 4. The molecule has 0 radical (unpaired) electrons. The Labute approximate surface area is 229 Å². The third-order valence-corrected chi connectivity index (χ3v) is 7.34. The van der Waals surface area contributed by atoms with Crippen LogP contribution in [-0.4, -0.2) is 57.9 Å². The van der Waals surface area contributed by atoms with Crippen LogP contribution in [0.15, 0.2) is 0 Å². The Bertz CT molecular complexity index is 422. The van der Waals surface area contributed by atoms with Gasteiger partial charge < -0.3 is 25.5 Å². The van der Waals surface area contributed by atoms with Crippen molar-refractivity contribution in [1.82, 2.24) is 0 Å². The zero-order chi connectivity index (χ0) is 27.9. The number of carboxylic acids is 1. The molecule has 0 heterocycles. The molecule has 0 fully saturated rings. The van der Waals surface area contributed by atoms with Crippen molar-refractivity contribution in [2.75, 3.05) is 26.4 Å². The van der Waals surface area contributed by atoms with Crippen LogP contribution >= 0.6 is 0 Å². The van der Waals surface area contributed by atoms with Gasteiger partial charge >= 0.3 is 5.97 Å². The largest absolute Gasteiger partial charge is 0.481 e. The molecule has 0 saturated carbocycles. The summed E-state index contributed by atoms with van der Waals surface area (Å²) >= 11 is 0. The molecule has 0 atom stereocenters. The molecule has 0 amide bonds. The molecule has 5 N–H and O–H groups in total. The smallest absolute Gasteiger partial charge is 0.303 e. The van der Waals surface area contributed by atoms with E-state index in [9.17, 15) is 4.79 Å². The molecule has 0 saturated heterocycles. The minimum atomic E-state index is -1.11. The van der Waals surface area contributed by atoms with Gasteiger partial charge in [-0.05, 0) is 6.42 Å². The summed E-state index contributed by atoms with van der Waals surface area (Å²) in [6, 6.07) is 0. The molecule has 0 aliphatic heterocycles. The molecule has 0 aromatic heterocycles. The number of hydrogen-bond donors (Lipinski definition) is 5. The van der Waals surface area contributed by atoms with E-state index in [1.54, 1.807) is 0 Å². The Balaban J connectivity index is 0. The van der Waals surface area contributed by atoms with Crippen molar-refractivity contribution in [2.24, 2.45) is 5.41 Å². The Morgan fingerprint density at radius 1 is 0.432 bits per heavy atom. The van der Waals surface area contributed by atoms with Crippen LogP contribution in [0.4, 0.5) is 0 Å². The van der Waals surface area contributed by atoms with Gasteiger partial charge in [-0.3, -0.25) is 4.79 Å². The fourth-order valence-corrected chi connectivity index (χ4v) is 4.36. The van der Waals surface area contributed by atoms with E-state index in [-0.39, 0.29) is 0 Å². The van der Waals surface area contributed by atoms with Crippen LogP contribution in [0.25, 0.3) is 0 Å². The zero-order valence-electron chi connectivity index (χ0n) is 24.4.